The molecule has 31 heavy (non-hydrogen) atoms. The lowest BCUT2D eigenvalue weighted by Gasteiger charge is -2.32. The Labute approximate surface area is 187 Å². The number of nitrogens with one attached hydrogen (secondary N) is 1. The van der Waals surface area contributed by atoms with Crippen LogP contribution in [-0.4, -0.2) is 44.3 Å². The van der Waals surface area contributed by atoms with E-state index in [1.165, 1.54) is 0 Å². The molecule has 0 unspecified atom stereocenters. The van der Waals surface area contributed by atoms with E-state index < -0.39 is 0 Å². The Kier molecular flexibility index (Phi) is 7.12. The molecule has 0 radical (unpaired) electrons. The fourth-order valence-corrected chi connectivity index (χ4v) is 4.77. The number of ether oxygens (including phenoxy) is 4. The molecule has 1 amide bonds. The van der Waals surface area contributed by atoms with Gasteiger partial charge in [0.1, 0.15) is 24.7 Å². The van der Waals surface area contributed by atoms with Crippen molar-refractivity contribution in [1.29, 1.82) is 0 Å². The third-order valence-electron chi connectivity index (χ3n) is 5.72. The van der Waals surface area contributed by atoms with Crippen molar-refractivity contribution >= 4 is 17.7 Å². The summed E-state index contributed by atoms with van der Waals surface area (Å²) in [6.45, 7) is 1.69. The van der Waals surface area contributed by atoms with E-state index in [1.807, 2.05) is 36.4 Å². The molecule has 0 spiro atoms. The van der Waals surface area contributed by atoms with E-state index in [0.717, 1.165) is 60.0 Å². The predicted molar refractivity (Wildman–Crippen MR) is 122 cm³/mol. The third kappa shape index (κ3) is 5.39. The lowest BCUT2D eigenvalue weighted by molar-refractivity contribution is -0.120. The molecule has 1 N–H and O–H groups in total. The molecule has 2 aromatic rings. The summed E-state index contributed by atoms with van der Waals surface area (Å²) in [4.78, 5) is 12.7. The second-order valence-electron chi connectivity index (χ2n) is 7.77. The van der Waals surface area contributed by atoms with E-state index in [9.17, 15) is 4.79 Å². The van der Waals surface area contributed by atoms with Crippen molar-refractivity contribution in [2.24, 2.45) is 0 Å². The zero-order valence-electron chi connectivity index (χ0n) is 17.9. The fraction of sp³-hybridized carbons (Fsp3) is 0.458. The first kappa shape index (κ1) is 21.7. The Morgan fingerprint density at radius 2 is 1.74 bits per heavy atom. The van der Waals surface area contributed by atoms with Crippen molar-refractivity contribution < 1.29 is 23.7 Å². The summed E-state index contributed by atoms with van der Waals surface area (Å²) in [5, 5.41) is 3.33. The average Bonchev–Trinajstić information content (AvgIpc) is 3.28. The number of fused-ring (bicyclic) bond motifs is 1. The molecule has 1 aliphatic heterocycles. The van der Waals surface area contributed by atoms with Crippen molar-refractivity contribution in [3.63, 3.8) is 0 Å². The molecule has 0 saturated heterocycles. The Balaban J connectivity index is 1.27. The maximum atomic E-state index is 12.7. The molecule has 7 heteroatoms. The number of amides is 1. The lowest BCUT2D eigenvalue weighted by Crippen LogP contribution is -2.44. The number of hydrogen-bond acceptors (Lipinski definition) is 6. The van der Waals surface area contributed by atoms with E-state index in [4.69, 9.17) is 18.9 Å². The predicted octanol–water partition coefficient (Wildman–Crippen LogP) is 4.16. The van der Waals surface area contributed by atoms with Gasteiger partial charge >= 0.3 is 0 Å². The van der Waals surface area contributed by atoms with Gasteiger partial charge in [-0.1, -0.05) is 18.9 Å². The van der Waals surface area contributed by atoms with Crippen LogP contribution in [0.15, 0.2) is 42.5 Å². The van der Waals surface area contributed by atoms with Crippen LogP contribution >= 0.6 is 11.8 Å². The van der Waals surface area contributed by atoms with Gasteiger partial charge < -0.3 is 24.3 Å². The van der Waals surface area contributed by atoms with Gasteiger partial charge in [-0.15, -0.1) is 11.8 Å². The molecular weight excluding hydrogens is 414 g/mol. The van der Waals surface area contributed by atoms with Gasteiger partial charge in [0.25, 0.3) is 0 Å². The van der Waals surface area contributed by atoms with Crippen LogP contribution in [0, 0.1) is 0 Å². The molecule has 166 valence electrons. The Morgan fingerprint density at radius 3 is 2.48 bits per heavy atom. The van der Waals surface area contributed by atoms with Gasteiger partial charge in [-0.25, -0.2) is 0 Å². The summed E-state index contributed by atoms with van der Waals surface area (Å²) in [7, 11) is 1.64. The van der Waals surface area contributed by atoms with Gasteiger partial charge in [0.15, 0.2) is 11.5 Å². The van der Waals surface area contributed by atoms with Crippen LogP contribution < -0.4 is 24.3 Å². The van der Waals surface area contributed by atoms with E-state index in [1.54, 1.807) is 18.9 Å². The number of hydrogen-bond donors (Lipinski definition) is 1. The highest BCUT2D eigenvalue weighted by Crippen LogP contribution is 2.42. The zero-order chi connectivity index (χ0) is 21.5. The van der Waals surface area contributed by atoms with Crippen LogP contribution in [0.2, 0.25) is 0 Å². The molecule has 1 saturated carbocycles. The Hall–Kier alpha value is -2.54. The van der Waals surface area contributed by atoms with Crippen LogP contribution in [0.25, 0.3) is 0 Å². The summed E-state index contributed by atoms with van der Waals surface area (Å²) in [5.74, 6) is 4.38. The Morgan fingerprint density at radius 1 is 1.03 bits per heavy atom. The van der Waals surface area contributed by atoms with E-state index in [2.05, 4.69) is 11.4 Å². The molecular formula is C24H29NO5S. The molecule has 2 aliphatic rings. The quantitative estimate of drug-likeness (QED) is 0.587. The summed E-state index contributed by atoms with van der Waals surface area (Å²) in [6, 6.07) is 13.6. The van der Waals surface area contributed by atoms with Crippen molar-refractivity contribution in [2.75, 3.05) is 38.4 Å². The largest absolute Gasteiger partial charge is 0.497 e. The number of thioether (sulfide) groups is 1. The number of carbonyl (C=O) groups is 1. The zero-order valence-corrected chi connectivity index (χ0v) is 18.7. The minimum atomic E-state index is -0.312. The fourth-order valence-electron chi connectivity index (χ4n) is 4.16. The van der Waals surface area contributed by atoms with Crippen LogP contribution in [-0.2, 0) is 10.3 Å². The van der Waals surface area contributed by atoms with Crippen molar-refractivity contribution in [1.82, 2.24) is 5.32 Å². The first-order valence-corrected chi connectivity index (χ1v) is 11.9. The molecule has 1 heterocycles. The SMILES string of the molecule is COc1ccc(OCCSCC(=O)NC2(c3ccc4c(c3)OCCO4)CCCC2)cc1. The van der Waals surface area contributed by atoms with E-state index in [-0.39, 0.29) is 11.4 Å². The second kappa shape index (κ2) is 10.2. The highest BCUT2D eigenvalue weighted by atomic mass is 32.2. The van der Waals surface area contributed by atoms with Crippen molar-refractivity contribution in [3.8, 4) is 23.0 Å². The van der Waals surface area contributed by atoms with Crippen LogP contribution in [0.5, 0.6) is 23.0 Å². The number of carbonyl (C=O) groups excluding carboxylic acids is 1. The highest BCUT2D eigenvalue weighted by Gasteiger charge is 2.37. The standard InChI is InChI=1S/C24H29NO5S/c1-27-19-5-7-20(8-6-19)28-14-15-31-17-23(26)25-24(10-2-3-11-24)18-4-9-21-22(16-18)30-13-12-29-21/h4-9,16H,2-3,10-15,17H2,1H3,(H,25,26). The van der Waals surface area contributed by atoms with Gasteiger partial charge in [-0.2, -0.15) is 0 Å². The average molecular weight is 444 g/mol. The third-order valence-corrected chi connectivity index (χ3v) is 6.64. The van der Waals surface area contributed by atoms with Crippen molar-refractivity contribution in [3.05, 3.63) is 48.0 Å². The summed E-state index contributed by atoms with van der Waals surface area (Å²) >= 11 is 1.58. The minimum absolute atomic E-state index is 0.0613. The highest BCUT2D eigenvalue weighted by molar-refractivity contribution is 7.99. The first-order valence-electron chi connectivity index (χ1n) is 10.7. The van der Waals surface area contributed by atoms with Gasteiger partial charge in [-0.05, 0) is 54.8 Å². The summed E-state index contributed by atoms with van der Waals surface area (Å²) in [5.41, 5.74) is 0.794. The van der Waals surface area contributed by atoms with E-state index >= 15 is 0 Å². The topological polar surface area (TPSA) is 66.0 Å². The minimum Gasteiger partial charge on any atom is -0.497 e. The second-order valence-corrected chi connectivity index (χ2v) is 8.88. The molecule has 0 bridgehead atoms. The Bertz CT molecular complexity index is 880. The smallest absolute Gasteiger partial charge is 0.230 e. The maximum absolute atomic E-state index is 12.7. The number of rotatable bonds is 9. The number of benzene rings is 2. The molecule has 6 nitrogen and oxygen atoms in total. The molecule has 4 rings (SSSR count). The summed E-state index contributed by atoms with van der Waals surface area (Å²) < 4.78 is 22.3. The van der Waals surface area contributed by atoms with Gasteiger partial charge in [-0.3, -0.25) is 4.79 Å². The maximum Gasteiger partial charge on any atom is 0.230 e. The van der Waals surface area contributed by atoms with Crippen LogP contribution in [0.3, 0.4) is 0 Å². The van der Waals surface area contributed by atoms with Crippen LogP contribution in [0.4, 0.5) is 0 Å². The molecule has 0 atom stereocenters. The van der Waals surface area contributed by atoms with Gasteiger partial charge in [0.2, 0.25) is 5.91 Å². The van der Waals surface area contributed by atoms with Crippen molar-refractivity contribution in [2.45, 2.75) is 31.2 Å². The normalized spacial score (nSPS) is 16.5. The molecule has 1 aliphatic carbocycles. The monoisotopic (exact) mass is 443 g/mol. The van der Waals surface area contributed by atoms with E-state index in [0.29, 0.717) is 25.6 Å². The molecule has 0 aromatic heterocycles. The summed E-state index contributed by atoms with van der Waals surface area (Å²) in [6.07, 6.45) is 4.11. The number of methoxy groups -OCH3 is 1. The van der Waals surface area contributed by atoms with Gasteiger partial charge in [0.05, 0.1) is 25.0 Å². The molecule has 1 fully saturated rings. The van der Waals surface area contributed by atoms with Gasteiger partial charge in [0, 0.05) is 5.75 Å². The molecule has 2 aromatic carbocycles. The van der Waals surface area contributed by atoms with Crippen LogP contribution in [0.1, 0.15) is 31.2 Å². The first-order chi connectivity index (χ1) is 15.2. The lowest BCUT2D eigenvalue weighted by atomic mass is 9.87.